The van der Waals surface area contributed by atoms with E-state index in [9.17, 15) is 0 Å². The van der Waals surface area contributed by atoms with Crippen LogP contribution in [0.15, 0.2) is 0 Å². The fourth-order valence-electron chi connectivity index (χ4n) is 2.52. The number of unbranched alkanes of at least 4 members (excludes halogenated alkanes) is 3. The summed E-state index contributed by atoms with van der Waals surface area (Å²) in [6, 6.07) is 0. The highest BCUT2D eigenvalue weighted by atomic mass is 15.1. The van der Waals surface area contributed by atoms with E-state index in [0.717, 1.165) is 12.5 Å². The minimum absolute atomic E-state index is 0.863. The second-order valence-electron chi connectivity index (χ2n) is 4.92. The zero-order valence-corrected chi connectivity index (χ0v) is 10.4. The summed E-state index contributed by atoms with van der Waals surface area (Å²) in [7, 11) is 0. The van der Waals surface area contributed by atoms with Crippen LogP contribution < -0.4 is 5.73 Å². The number of hydrogen-bond acceptors (Lipinski definition) is 2. The zero-order chi connectivity index (χ0) is 10.9. The van der Waals surface area contributed by atoms with Crippen LogP contribution >= 0.6 is 0 Å². The molecule has 15 heavy (non-hydrogen) atoms. The average molecular weight is 212 g/mol. The van der Waals surface area contributed by atoms with Gasteiger partial charge in [0.05, 0.1) is 0 Å². The van der Waals surface area contributed by atoms with E-state index in [4.69, 9.17) is 5.73 Å². The number of likely N-dealkylation sites (tertiary alicyclic amines) is 1. The van der Waals surface area contributed by atoms with Crippen LogP contribution in [-0.4, -0.2) is 31.1 Å². The van der Waals surface area contributed by atoms with E-state index < -0.39 is 0 Å². The lowest BCUT2D eigenvalue weighted by Gasteiger charge is -2.32. The van der Waals surface area contributed by atoms with Crippen molar-refractivity contribution in [3.63, 3.8) is 0 Å². The molecule has 0 aromatic heterocycles. The van der Waals surface area contributed by atoms with Crippen molar-refractivity contribution in [2.45, 2.75) is 51.9 Å². The second-order valence-corrected chi connectivity index (χ2v) is 4.92. The minimum atomic E-state index is 0.863. The van der Waals surface area contributed by atoms with E-state index >= 15 is 0 Å². The van der Waals surface area contributed by atoms with Crippen molar-refractivity contribution in [3.8, 4) is 0 Å². The van der Waals surface area contributed by atoms with E-state index in [1.54, 1.807) is 0 Å². The number of nitrogens with two attached hydrogens (primary N) is 1. The molecule has 0 radical (unpaired) electrons. The Morgan fingerprint density at radius 1 is 1.20 bits per heavy atom. The van der Waals surface area contributed by atoms with Crippen LogP contribution in [0.5, 0.6) is 0 Å². The Hall–Kier alpha value is -0.0800. The first kappa shape index (κ1) is 13.0. The summed E-state index contributed by atoms with van der Waals surface area (Å²) in [4.78, 5) is 2.67. The largest absolute Gasteiger partial charge is 0.330 e. The first-order valence-electron chi connectivity index (χ1n) is 6.79. The summed E-state index contributed by atoms with van der Waals surface area (Å²) >= 11 is 0. The smallest absolute Gasteiger partial charge is 0.000956 e. The van der Waals surface area contributed by atoms with E-state index in [1.807, 2.05) is 0 Å². The summed E-state index contributed by atoms with van der Waals surface area (Å²) in [5.41, 5.74) is 5.48. The Kier molecular flexibility index (Phi) is 7.03. The van der Waals surface area contributed by atoms with Crippen molar-refractivity contribution < 1.29 is 0 Å². The maximum absolute atomic E-state index is 5.48. The van der Waals surface area contributed by atoms with Crippen molar-refractivity contribution in [3.05, 3.63) is 0 Å². The molecule has 1 rings (SSSR count). The van der Waals surface area contributed by atoms with Gasteiger partial charge >= 0.3 is 0 Å². The topological polar surface area (TPSA) is 29.3 Å². The van der Waals surface area contributed by atoms with Crippen LogP contribution in [0, 0.1) is 5.92 Å². The van der Waals surface area contributed by atoms with Crippen molar-refractivity contribution in [2.75, 3.05) is 26.2 Å². The van der Waals surface area contributed by atoms with Crippen molar-refractivity contribution in [1.29, 1.82) is 0 Å². The van der Waals surface area contributed by atoms with E-state index in [0.29, 0.717) is 0 Å². The maximum atomic E-state index is 5.48. The zero-order valence-electron chi connectivity index (χ0n) is 10.4. The molecule has 1 saturated heterocycles. The number of hydrogen-bond donors (Lipinski definition) is 1. The van der Waals surface area contributed by atoms with Crippen LogP contribution in [0.4, 0.5) is 0 Å². The van der Waals surface area contributed by atoms with Crippen molar-refractivity contribution in [1.82, 2.24) is 4.90 Å². The van der Waals surface area contributed by atoms with Gasteiger partial charge in [0.2, 0.25) is 0 Å². The molecular formula is C13H28N2. The number of piperidine rings is 1. The molecule has 0 aromatic carbocycles. The first-order valence-corrected chi connectivity index (χ1v) is 6.79. The molecule has 1 aliphatic rings. The standard InChI is InChI=1S/C13H28N2/c1-2-13-8-7-11-15(12-13)10-6-4-3-5-9-14/h13H,2-12,14H2,1H3. The van der Waals surface area contributed by atoms with Gasteiger partial charge in [-0.2, -0.15) is 0 Å². The van der Waals surface area contributed by atoms with Crippen LogP contribution in [0.25, 0.3) is 0 Å². The number of nitrogens with zero attached hydrogens (tertiary/aromatic N) is 1. The molecule has 0 aliphatic carbocycles. The third-order valence-electron chi connectivity index (χ3n) is 3.61. The molecule has 2 nitrogen and oxygen atoms in total. The van der Waals surface area contributed by atoms with E-state index in [-0.39, 0.29) is 0 Å². The van der Waals surface area contributed by atoms with Gasteiger partial charge in [0, 0.05) is 6.54 Å². The fraction of sp³-hybridized carbons (Fsp3) is 1.00. The van der Waals surface area contributed by atoms with Gasteiger partial charge in [0.15, 0.2) is 0 Å². The lowest BCUT2D eigenvalue weighted by atomic mass is 9.95. The third kappa shape index (κ3) is 5.53. The van der Waals surface area contributed by atoms with Gasteiger partial charge < -0.3 is 10.6 Å². The van der Waals surface area contributed by atoms with Gasteiger partial charge in [-0.15, -0.1) is 0 Å². The summed E-state index contributed by atoms with van der Waals surface area (Å²) < 4.78 is 0. The molecule has 1 heterocycles. The molecule has 0 saturated carbocycles. The Morgan fingerprint density at radius 2 is 2.00 bits per heavy atom. The quantitative estimate of drug-likeness (QED) is 0.657. The van der Waals surface area contributed by atoms with Gasteiger partial charge in [-0.25, -0.2) is 0 Å². The Bertz CT molecular complexity index is 147. The van der Waals surface area contributed by atoms with Crippen LogP contribution in [-0.2, 0) is 0 Å². The summed E-state index contributed by atoms with van der Waals surface area (Å²) in [6.07, 6.45) is 9.51. The van der Waals surface area contributed by atoms with Crippen molar-refractivity contribution in [2.24, 2.45) is 11.7 Å². The van der Waals surface area contributed by atoms with Crippen molar-refractivity contribution >= 4 is 0 Å². The molecule has 0 bridgehead atoms. The van der Waals surface area contributed by atoms with Gasteiger partial charge in [-0.1, -0.05) is 26.2 Å². The monoisotopic (exact) mass is 212 g/mol. The van der Waals surface area contributed by atoms with Gasteiger partial charge in [0.25, 0.3) is 0 Å². The molecule has 2 N–H and O–H groups in total. The number of rotatable bonds is 7. The second kappa shape index (κ2) is 8.12. The Labute approximate surface area is 95.2 Å². The molecule has 1 fully saturated rings. The maximum Gasteiger partial charge on any atom is 0.000956 e. The molecule has 90 valence electrons. The van der Waals surface area contributed by atoms with Crippen LogP contribution in [0.1, 0.15) is 51.9 Å². The van der Waals surface area contributed by atoms with Gasteiger partial charge in [-0.05, 0) is 51.2 Å². The highest BCUT2D eigenvalue weighted by Gasteiger charge is 2.17. The molecule has 0 spiro atoms. The summed E-state index contributed by atoms with van der Waals surface area (Å²) in [5, 5.41) is 0. The molecule has 0 aromatic rings. The predicted octanol–water partition coefficient (Wildman–Crippen LogP) is 2.63. The summed E-state index contributed by atoms with van der Waals surface area (Å²) in [5.74, 6) is 0.975. The van der Waals surface area contributed by atoms with Crippen LogP contribution in [0.2, 0.25) is 0 Å². The summed E-state index contributed by atoms with van der Waals surface area (Å²) in [6.45, 7) is 7.21. The lowest BCUT2D eigenvalue weighted by molar-refractivity contribution is 0.169. The van der Waals surface area contributed by atoms with E-state index in [2.05, 4.69) is 11.8 Å². The predicted molar refractivity (Wildman–Crippen MR) is 67.0 cm³/mol. The van der Waals surface area contributed by atoms with Gasteiger partial charge in [0.1, 0.15) is 0 Å². The molecule has 1 unspecified atom stereocenters. The van der Waals surface area contributed by atoms with Gasteiger partial charge in [-0.3, -0.25) is 0 Å². The molecule has 1 atom stereocenters. The highest BCUT2D eigenvalue weighted by Crippen LogP contribution is 2.19. The first-order chi connectivity index (χ1) is 7.36. The minimum Gasteiger partial charge on any atom is -0.330 e. The fourth-order valence-corrected chi connectivity index (χ4v) is 2.52. The van der Waals surface area contributed by atoms with Crippen LogP contribution in [0.3, 0.4) is 0 Å². The SMILES string of the molecule is CCC1CCCN(CCCCCCN)C1. The Morgan fingerprint density at radius 3 is 2.73 bits per heavy atom. The molecular weight excluding hydrogens is 184 g/mol. The van der Waals surface area contributed by atoms with E-state index in [1.165, 1.54) is 64.6 Å². The highest BCUT2D eigenvalue weighted by molar-refractivity contribution is 4.71. The molecule has 1 aliphatic heterocycles. The third-order valence-corrected chi connectivity index (χ3v) is 3.61. The normalized spacial score (nSPS) is 23.2. The lowest BCUT2D eigenvalue weighted by Crippen LogP contribution is -2.35. The molecule has 2 heteroatoms. The Balaban J connectivity index is 2.00. The average Bonchev–Trinajstić information content (AvgIpc) is 2.29. The molecule has 0 amide bonds.